The van der Waals surface area contributed by atoms with Crippen LogP contribution in [0.1, 0.15) is 38.4 Å². The third kappa shape index (κ3) is 2.73. The Morgan fingerprint density at radius 2 is 1.88 bits per heavy atom. The van der Waals surface area contributed by atoms with E-state index in [0.717, 1.165) is 22.2 Å². The molecule has 5 nitrogen and oxygen atoms in total. The number of nitrogens with zero attached hydrogens (tertiary/aromatic N) is 1. The first-order valence-corrected chi connectivity index (χ1v) is 7.90. The molecule has 0 amide bonds. The number of carbonyl (C=O) groups is 1. The maximum atomic E-state index is 11.4. The number of aryl methyl sites for hydroxylation is 4. The number of H-pyrrole nitrogens is 1. The van der Waals surface area contributed by atoms with Crippen LogP contribution in [0.25, 0.3) is 10.9 Å². The van der Waals surface area contributed by atoms with E-state index in [1.54, 1.807) is 6.07 Å². The van der Waals surface area contributed by atoms with Gasteiger partial charge in [-0.05, 0) is 56.0 Å². The number of hydrogen-bond acceptors (Lipinski definition) is 3. The van der Waals surface area contributed by atoms with Crippen LogP contribution in [0.5, 0.6) is 0 Å². The third-order valence-corrected chi connectivity index (χ3v) is 4.59. The minimum Gasteiger partial charge on any atom is -0.477 e. The quantitative estimate of drug-likeness (QED) is 0.675. The average molecular weight is 323 g/mol. The van der Waals surface area contributed by atoms with Crippen LogP contribution < -0.4 is 5.32 Å². The fourth-order valence-corrected chi connectivity index (χ4v) is 2.99. The monoisotopic (exact) mass is 323 g/mol. The fourth-order valence-electron chi connectivity index (χ4n) is 2.99. The van der Waals surface area contributed by atoms with E-state index in [4.69, 9.17) is 0 Å². The number of pyridine rings is 1. The first kappa shape index (κ1) is 16.1. The Balaban J connectivity index is 2.05. The smallest absolute Gasteiger partial charge is 0.354 e. The van der Waals surface area contributed by atoms with Gasteiger partial charge in [0.1, 0.15) is 0 Å². The minimum atomic E-state index is -1.02. The van der Waals surface area contributed by atoms with Crippen LogP contribution in [0.3, 0.4) is 0 Å². The highest BCUT2D eigenvalue weighted by atomic mass is 16.4. The molecule has 0 aliphatic heterocycles. The fraction of sp³-hybridized carbons (Fsp3) is 0.263. The van der Waals surface area contributed by atoms with Gasteiger partial charge in [0, 0.05) is 17.6 Å². The number of carboxylic acids is 1. The third-order valence-electron chi connectivity index (χ3n) is 4.59. The number of aromatic carboxylic acids is 1. The molecular weight excluding hydrogens is 302 g/mol. The van der Waals surface area contributed by atoms with E-state index in [0.29, 0.717) is 12.4 Å². The second kappa shape index (κ2) is 6.00. The second-order valence-corrected chi connectivity index (χ2v) is 6.18. The first-order chi connectivity index (χ1) is 11.4. The molecule has 2 heterocycles. The number of hydrogen-bond donors (Lipinski definition) is 3. The predicted molar refractivity (Wildman–Crippen MR) is 95.8 cm³/mol. The van der Waals surface area contributed by atoms with Crippen molar-refractivity contribution in [3.8, 4) is 0 Å². The van der Waals surface area contributed by atoms with Gasteiger partial charge >= 0.3 is 5.97 Å². The highest BCUT2D eigenvalue weighted by molar-refractivity contribution is 5.98. The highest BCUT2D eigenvalue weighted by Crippen LogP contribution is 2.28. The molecule has 0 atom stereocenters. The summed E-state index contributed by atoms with van der Waals surface area (Å²) in [6.45, 7) is 8.70. The largest absolute Gasteiger partial charge is 0.477 e. The molecule has 0 radical (unpaired) electrons. The minimum absolute atomic E-state index is 0.0496. The second-order valence-electron chi connectivity index (χ2n) is 6.18. The van der Waals surface area contributed by atoms with Gasteiger partial charge in [0.05, 0.1) is 5.52 Å². The summed E-state index contributed by atoms with van der Waals surface area (Å²) in [4.78, 5) is 19.0. The molecule has 0 fully saturated rings. The number of nitrogens with one attached hydrogen (secondary N) is 2. The van der Waals surface area contributed by atoms with Crippen LogP contribution in [0.15, 0.2) is 24.3 Å². The van der Waals surface area contributed by atoms with Crippen LogP contribution in [-0.2, 0) is 6.54 Å². The molecule has 0 saturated carbocycles. The number of benzene rings is 1. The van der Waals surface area contributed by atoms with Crippen molar-refractivity contribution in [1.82, 2.24) is 9.97 Å². The Bertz CT molecular complexity index is 921. The summed E-state index contributed by atoms with van der Waals surface area (Å²) < 4.78 is 0. The van der Waals surface area contributed by atoms with Gasteiger partial charge < -0.3 is 15.4 Å². The zero-order chi connectivity index (χ0) is 17.4. The molecule has 124 valence electrons. The van der Waals surface area contributed by atoms with Crippen LogP contribution in [0.4, 0.5) is 5.82 Å². The zero-order valence-electron chi connectivity index (χ0n) is 14.3. The molecule has 0 saturated heterocycles. The molecule has 24 heavy (non-hydrogen) atoms. The molecule has 0 bridgehead atoms. The Morgan fingerprint density at radius 3 is 2.50 bits per heavy atom. The van der Waals surface area contributed by atoms with Gasteiger partial charge in [0.25, 0.3) is 0 Å². The van der Waals surface area contributed by atoms with E-state index in [-0.39, 0.29) is 5.69 Å². The Kier molecular flexibility index (Phi) is 4.01. The van der Waals surface area contributed by atoms with E-state index in [1.165, 1.54) is 16.7 Å². The van der Waals surface area contributed by atoms with Gasteiger partial charge in [-0.2, -0.15) is 0 Å². The number of anilines is 1. The zero-order valence-corrected chi connectivity index (χ0v) is 14.3. The van der Waals surface area contributed by atoms with Crippen LogP contribution in [0, 0.1) is 27.7 Å². The number of rotatable bonds is 4. The highest BCUT2D eigenvalue weighted by Gasteiger charge is 2.15. The molecular formula is C19H21N3O2. The van der Waals surface area contributed by atoms with Crippen molar-refractivity contribution < 1.29 is 9.90 Å². The van der Waals surface area contributed by atoms with Crippen molar-refractivity contribution in [3.05, 3.63) is 57.9 Å². The van der Waals surface area contributed by atoms with Crippen LogP contribution in [0.2, 0.25) is 0 Å². The molecule has 0 aliphatic carbocycles. The molecule has 0 aliphatic rings. The lowest BCUT2D eigenvalue weighted by Gasteiger charge is -2.12. The summed E-state index contributed by atoms with van der Waals surface area (Å²) in [7, 11) is 0. The number of aromatic amines is 1. The normalized spacial score (nSPS) is 11.0. The van der Waals surface area contributed by atoms with Crippen molar-refractivity contribution in [1.29, 1.82) is 0 Å². The summed E-state index contributed by atoms with van der Waals surface area (Å²) in [6, 6.07) is 7.81. The number of aromatic nitrogens is 2. The first-order valence-electron chi connectivity index (χ1n) is 7.90. The van der Waals surface area contributed by atoms with Gasteiger partial charge in [-0.25, -0.2) is 9.78 Å². The number of carboxylic acid groups (broad SMARTS) is 1. The molecule has 5 heteroatoms. The molecule has 3 aromatic rings. The summed E-state index contributed by atoms with van der Waals surface area (Å²) in [5, 5.41) is 13.5. The van der Waals surface area contributed by atoms with Crippen molar-refractivity contribution in [2.45, 2.75) is 34.2 Å². The van der Waals surface area contributed by atoms with E-state index in [1.807, 2.05) is 19.9 Å². The topological polar surface area (TPSA) is 78.0 Å². The Labute approximate surface area is 140 Å². The SMILES string of the molecule is Cc1cccc(C)c1CNc1nc(C(=O)O)cc2c(C)c(C)[nH]c12. The number of fused-ring (bicyclic) bond motifs is 1. The summed E-state index contributed by atoms with van der Waals surface area (Å²) in [5.74, 6) is -0.450. The summed E-state index contributed by atoms with van der Waals surface area (Å²) in [5.41, 5.74) is 6.57. The van der Waals surface area contributed by atoms with Crippen molar-refractivity contribution in [2.24, 2.45) is 0 Å². The molecule has 0 unspecified atom stereocenters. The summed E-state index contributed by atoms with van der Waals surface area (Å²) in [6.07, 6.45) is 0. The van der Waals surface area contributed by atoms with Crippen LogP contribution >= 0.6 is 0 Å². The van der Waals surface area contributed by atoms with E-state index in [2.05, 4.69) is 41.3 Å². The molecule has 1 aromatic carbocycles. The molecule has 0 spiro atoms. The van der Waals surface area contributed by atoms with Crippen molar-refractivity contribution >= 4 is 22.7 Å². The molecule has 2 aromatic heterocycles. The van der Waals surface area contributed by atoms with E-state index >= 15 is 0 Å². The Morgan fingerprint density at radius 1 is 1.21 bits per heavy atom. The maximum Gasteiger partial charge on any atom is 0.354 e. The van der Waals surface area contributed by atoms with Gasteiger partial charge in [-0.15, -0.1) is 0 Å². The lowest BCUT2D eigenvalue weighted by atomic mass is 10.0. The predicted octanol–water partition coefficient (Wildman–Crippen LogP) is 4.11. The van der Waals surface area contributed by atoms with E-state index < -0.39 is 5.97 Å². The standard InChI is InChI=1S/C19H21N3O2/c1-10-6-5-7-11(2)15(10)9-20-18-17-14(12(3)13(4)21-17)8-16(22-18)19(23)24/h5-8,21H,9H2,1-4H3,(H,20,22)(H,23,24). The summed E-state index contributed by atoms with van der Waals surface area (Å²) >= 11 is 0. The van der Waals surface area contributed by atoms with Gasteiger partial charge in [-0.3, -0.25) is 0 Å². The Hall–Kier alpha value is -2.82. The average Bonchev–Trinajstić information content (AvgIpc) is 2.82. The van der Waals surface area contributed by atoms with Gasteiger partial charge in [0.2, 0.25) is 0 Å². The molecule has 3 N–H and O–H groups in total. The lowest BCUT2D eigenvalue weighted by Crippen LogP contribution is -2.08. The lowest BCUT2D eigenvalue weighted by molar-refractivity contribution is 0.0691. The maximum absolute atomic E-state index is 11.4. The van der Waals surface area contributed by atoms with E-state index in [9.17, 15) is 9.90 Å². The van der Waals surface area contributed by atoms with Gasteiger partial charge in [0.15, 0.2) is 11.5 Å². The van der Waals surface area contributed by atoms with Gasteiger partial charge in [-0.1, -0.05) is 18.2 Å². The molecule has 3 rings (SSSR count). The van der Waals surface area contributed by atoms with Crippen molar-refractivity contribution in [2.75, 3.05) is 5.32 Å². The van der Waals surface area contributed by atoms with Crippen LogP contribution in [-0.4, -0.2) is 21.0 Å². The van der Waals surface area contributed by atoms with Crippen molar-refractivity contribution in [3.63, 3.8) is 0 Å².